The van der Waals surface area contributed by atoms with Crippen molar-refractivity contribution in [2.45, 2.75) is 18.2 Å². The number of nitro benzene ring substituents is 1. The largest absolute Gasteiger partial charge is 0.466 e. The molecule has 0 spiro atoms. The summed E-state index contributed by atoms with van der Waals surface area (Å²) in [5.74, 6) is -1.83. The molecule has 0 atom stereocenters. The summed E-state index contributed by atoms with van der Waals surface area (Å²) < 4.78 is 4.77. The Morgan fingerprint density at radius 3 is 2.23 bits per heavy atom. The van der Waals surface area contributed by atoms with Crippen LogP contribution >= 0.6 is 11.8 Å². The molecule has 2 N–H and O–H groups in total. The van der Waals surface area contributed by atoms with Gasteiger partial charge in [0.05, 0.1) is 17.3 Å². The van der Waals surface area contributed by atoms with E-state index in [1.54, 1.807) is 61.5 Å². The minimum Gasteiger partial charge on any atom is -0.466 e. The lowest BCUT2D eigenvalue weighted by atomic mass is 10.1. The summed E-state index contributed by atoms with van der Waals surface area (Å²) >= 11 is 1.25. The van der Waals surface area contributed by atoms with E-state index in [2.05, 4.69) is 10.6 Å². The number of thioether (sulfide) groups is 1. The number of benzene rings is 3. The Hall–Kier alpha value is -4.77. The SMILES string of the molecule is CCOC(=O)CC(=O)CSc1ccc(NC(=O)/C(=C/c2ccc([N+](=O)[O-])cc2)NC(=O)c2ccccc2)cc1. The Kier molecular flexibility index (Phi) is 10.5. The van der Waals surface area contributed by atoms with Gasteiger partial charge in [0.15, 0.2) is 5.78 Å². The standard InChI is InChI=1S/C28H25N3O7S/c1-2-38-26(33)17-23(32)18-39-24-14-10-21(11-15-24)29-28(35)25(30-27(34)20-6-4-3-5-7-20)16-19-8-12-22(13-9-19)31(36)37/h3-16H,2,17-18H2,1H3,(H,29,35)(H,30,34)/b25-16-. The van der Waals surface area contributed by atoms with Crippen LogP contribution in [0.15, 0.2) is 89.5 Å². The smallest absolute Gasteiger partial charge is 0.313 e. The number of rotatable bonds is 12. The van der Waals surface area contributed by atoms with Gasteiger partial charge >= 0.3 is 5.97 Å². The third kappa shape index (κ3) is 9.24. The predicted octanol–water partition coefficient (Wildman–Crippen LogP) is 4.62. The number of ketones is 1. The van der Waals surface area contributed by atoms with Crippen molar-refractivity contribution in [2.24, 2.45) is 0 Å². The quantitative estimate of drug-likeness (QED) is 0.0835. The van der Waals surface area contributed by atoms with Crippen LogP contribution in [0, 0.1) is 10.1 Å². The van der Waals surface area contributed by atoms with E-state index in [1.165, 1.54) is 42.1 Å². The Bertz CT molecular complexity index is 1370. The number of Topliss-reactive ketones (excluding diaryl/α,β-unsaturated/α-hetero) is 1. The lowest BCUT2D eigenvalue weighted by Gasteiger charge is -2.12. The minimum absolute atomic E-state index is 0.0688. The zero-order valence-electron chi connectivity index (χ0n) is 20.9. The van der Waals surface area contributed by atoms with Gasteiger partial charge in [0.1, 0.15) is 12.1 Å². The lowest BCUT2D eigenvalue weighted by Crippen LogP contribution is -2.30. The topological polar surface area (TPSA) is 145 Å². The fourth-order valence-electron chi connectivity index (χ4n) is 3.22. The van der Waals surface area contributed by atoms with E-state index >= 15 is 0 Å². The van der Waals surface area contributed by atoms with Crippen LogP contribution in [0.3, 0.4) is 0 Å². The van der Waals surface area contributed by atoms with Crippen molar-refractivity contribution in [3.8, 4) is 0 Å². The van der Waals surface area contributed by atoms with Crippen molar-refractivity contribution in [1.29, 1.82) is 0 Å². The highest BCUT2D eigenvalue weighted by atomic mass is 32.2. The second-order valence-corrected chi connectivity index (χ2v) is 9.06. The minimum atomic E-state index is -0.609. The summed E-state index contributed by atoms with van der Waals surface area (Å²) in [5.41, 5.74) is 1.08. The van der Waals surface area contributed by atoms with Crippen molar-refractivity contribution in [3.05, 3.63) is 106 Å². The number of carbonyl (C=O) groups is 4. The van der Waals surface area contributed by atoms with E-state index in [0.717, 1.165) is 4.90 Å². The number of nitro groups is 1. The van der Waals surface area contributed by atoms with Crippen molar-refractivity contribution >= 4 is 52.8 Å². The maximum absolute atomic E-state index is 13.1. The van der Waals surface area contributed by atoms with Crippen molar-refractivity contribution in [3.63, 3.8) is 0 Å². The summed E-state index contributed by atoms with van der Waals surface area (Å²) in [4.78, 5) is 60.4. The molecule has 3 rings (SSSR count). The summed E-state index contributed by atoms with van der Waals surface area (Å²) in [6, 6.07) is 20.6. The highest BCUT2D eigenvalue weighted by molar-refractivity contribution is 8.00. The first kappa shape index (κ1) is 28.8. The fraction of sp³-hybridized carbons (Fsp3) is 0.143. The van der Waals surface area contributed by atoms with Crippen molar-refractivity contribution in [2.75, 3.05) is 17.7 Å². The van der Waals surface area contributed by atoms with Crippen LogP contribution in [0.4, 0.5) is 11.4 Å². The molecule has 0 saturated carbocycles. The molecule has 0 aliphatic carbocycles. The summed E-state index contributed by atoms with van der Waals surface area (Å²) in [5, 5.41) is 16.3. The average Bonchev–Trinajstić information content (AvgIpc) is 2.93. The van der Waals surface area contributed by atoms with Crippen molar-refractivity contribution < 1.29 is 28.8 Å². The molecule has 0 aliphatic rings. The molecule has 0 aliphatic heterocycles. The normalized spacial score (nSPS) is 10.8. The number of amides is 2. The van der Waals surface area contributed by atoms with E-state index in [4.69, 9.17) is 4.74 Å². The van der Waals surface area contributed by atoms with Crippen LogP contribution in [0.2, 0.25) is 0 Å². The molecule has 0 unspecified atom stereocenters. The van der Waals surface area contributed by atoms with Gasteiger partial charge in [0.2, 0.25) is 0 Å². The number of hydrogen-bond acceptors (Lipinski definition) is 8. The summed E-state index contributed by atoms with van der Waals surface area (Å²) in [6.45, 7) is 1.89. The predicted molar refractivity (Wildman–Crippen MR) is 147 cm³/mol. The highest BCUT2D eigenvalue weighted by Crippen LogP contribution is 2.21. The number of hydrogen-bond donors (Lipinski definition) is 2. The molecule has 0 heterocycles. The summed E-state index contributed by atoms with van der Waals surface area (Å²) in [6.07, 6.45) is 1.13. The van der Waals surface area contributed by atoms with Gasteiger partial charge in [-0.1, -0.05) is 18.2 Å². The number of nitrogens with zero attached hydrogens (tertiary/aromatic N) is 1. The number of esters is 1. The molecule has 0 bridgehead atoms. The third-order valence-corrected chi connectivity index (χ3v) is 6.17. The van der Waals surface area contributed by atoms with Gasteiger partial charge in [-0.2, -0.15) is 0 Å². The van der Waals surface area contributed by atoms with Crippen LogP contribution in [0.5, 0.6) is 0 Å². The van der Waals surface area contributed by atoms with E-state index in [0.29, 0.717) is 16.8 Å². The first-order valence-corrected chi connectivity index (χ1v) is 12.8. The van der Waals surface area contributed by atoms with E-state index < -0.39 is 22.7 Å². The van der Waals surface area contributed by atoms with Gasteiger partial charge in [0.25, 0.3) is 17.5 Å². The zero-order chi connectivity index (χ0) is 28.2. The van der Waals surface area contributed by atoms with Gasteiger partial charge in [-0.15, -0.1) is 11.8 Å². The van der Waals surface area contributed by atoms with E-state index in [-0.39, 0.29) is 35.9 Å². The zero-order valence-corrected chi connectivity index (χ0v) is 21.7. The first-order valence-electron chi connectivity index (χ1n) is 11.8. The molecular formula is C28H25N3O7S. The monoisotopic (exact) mass is 547 g/mol. The van der Waals surface area contributed by atoms with E-state index in [9.17, 15) is 29.3 Å². The molecule has 3 aromatic carbocycles. The lowest BCUT2D eigenvalue weighted by molar-refractivity contribution is -0.384. The Labute approximate surface area is 228 Å². The molecular weight excluding hydrogens is 522 g/mol. The van der Waals surface area contributed by atoms with Crippen LogP contribution in [-0.4, -0.2) is 40.8 Å². The fourth-order valence-corrected chi connectivity index (χ4v) is 3.98. The second-order valence-electron chi connectivity index (χ2n) is 8.01. The number of nitrogens with one attached hydrogen (secondary N) is 2. The highest BCUT2D eigenvalue weighted by Gasteiger charge is 2.16. The van der Waals surface area contributed by atoms with Crippen LogP contribution in [0.1, 0.15) is 29.3 Å². The third-order valence-electron chi connectivity index (χ3n) is 5.10. The second kappa shape index (κ2) is 14.2. The molecule has 2 amide bonds. The van der Waals surface area contributed by atoms with Crippen LogP contribution in [-0.2, 0) is 19.1 Å². The van der Waals surface area contributed by atoms with Crippen LogP contribution in [0.25, 0.3) is 6.08 Å². The van der Waals surface area contributed by atoms with Gasteiger partial charge in [0, 0.05) is 28.3 Å². The van der Waals surface area contributed by atoms with Crippen molar-refractivity contribution in [1.82, 2.24) is 5.32 Å². The van der Waals surface area contributed by atoms with Gasteiger partial charge in [-0.25, -0.2) is 0 Å². The molecule has 0 aromatic heterocycles. The molecule has 200 valence electrons. The van der Waals surface area contributed by atoms with Crippen LogP contribution < -0.4 is 10.6 Å². The number of carbonyl (C=O) groups excluding carboxylic acids is 4. The maximum Gasteiger partial charge on any atom is 0.313 e. The van der Waals surface area contributed by atoms with Gasteiger partial charge in [-0.3, -0.25) is 29.3 Å². The molecule has 0 fully saturated rings. The Morgan fingerprint density at radius 1 is 0.949 bits per heavy atom. The molecule has 39 heavy (non-hydrogen) atoms. The number of non-ortho nitro benzene ring substituents is 1. The van der Waals surface area contributed by atoms with Gasteiger partial charge in [-0.05, 0) is 67.1 Å². The maximum atomic E-state index is 13.1. The number of ether oxygens (including phenoxy) is 1. The number of anilines is 1. The molecule has 10 nitrogen and oxygen atoms in total. The molecule has 11 heteroatoms. The first-order chi connectivity index (χ1) is 18.7. The molecule has 3 aromatic rings. The summed E-state index contributed by atoms with van der Waals surface area (Å²) in [7, 11) is 0. The Balaban J connectivity index is 1.71. The van der Waals surface area contributed by atoms with Gasteiger partial charge < -0.3 is 15.4 Å². The molecule has 0 radical (unpaired) electrons. The van der Waals surface area contributed by atoms with E-state index in [1.807, 2.05) is 0 Å². The average molecular weight is 548 g/mol. The molecule has 0 saturated heterocycles. The Morgan fingerprint density at radius 2 is 1.62 bits per heavy atom.